The van der Waals surface area contributed by atoms with E-state index in [4.69, 9.17) is 10.5 Å². The van der Waals surface area contributed by atoms with Gasteiger partial charge in [-0.3, -0.25) is 4.79 Å². The largest absolute Gasteiger partial charge is 0.498 e. The van der Waals surface area contributed by atoms with Crippen LogP contribution in [0.25, 0.3) is 0 Å². The van der Waals surface area contributed by atoms with Crippen molar-refractivity contribution >= 4 is 5.97 Å². The smallest absolute Gasteiger partial charge is 0.323 e. The molecule has 0 aliphatic carbocycles. The van der Waals surface area contributed by atoms with Crippen molar-refractivity contribution in [1.82, 2.24) is 0 Å². The summed E-state index contributed by atoms with van der Waals surface area (Å²) in [5.74, 6) is 0.402. The van der Waals surface area contributed by atoms with Gasteiger partial charge < -0.3 is 15.2 Å². The lowest BCUT2D eigenvalue weighted by Gasteiger charge is -2.09. The van der Waals surface area contributed by atoms with Gasteiger partial charge in [-0.05, 0) is 6.08 Å². The zero-order valence-electron chi connectivity index (χ0n) is 7.08. The molecular weight excluding hydrogens is 158 g/mol. The first-order valence-electron chi connectivity index (χ1n) is 3.89. The van der Waals surface area contributed by atoms with Crippen molar-refractivity contribution in [2.24, 2.45) is 5.73 Å². The van der Waals surface area contributed by atoms with Gasteiger partial charge in [0, 0.05) is 12.8 Å². The topological polar surface area (TPSA) is 61.5 Å². The number of hydrogen-bond acceptors (Lipinski definition) is 4. The van der Waals surface area contributed by atoms with Crippen LogP contribution in [0, 0.1) is 0 Å². The summed E-state index contributed by atoms with van der Waals surface area (Å²) in [6.07, 6.45) is 3.29. The molecule has 1 aliphatic heterocycles. The van der Waals surface area contributed by atoms with Crippen LogP contribution in [-0.4, -0.2) is 25.7 Å². The second kappa shape index (κ2) is 4.11. The van der Waals surface area contributed by atoms with Crippen LogP contribution in [-0.2, 0) is 14.3 Å². The third kappa shape index (κ3) is 2.23. The van der Waals surface area contributed by atoms with E-state index >= 15 is 0 Å². The molecule has 1 atom stereocenters. The number of carbonyl (C=O) groups excluding carboxylic acids is 1. The van der Waals surface area contributed by atoms with E-state index in [1.54, 1.807) is 0 Å². The molecule has 1 heterocycles. The fraction of sp³-hybridized carbons (Fsp3) is 0.625. The van der Waals surface area contributed by atoms with Gasteiger partial charge >= 0.3 is 5.97 Å². The van der Waals surface area contributed by atoms with Crippen LogP contribution in [0.1, 0.15) is 12.8 Å². The molecule has 0 saturated carbocycles. The fourth-order valence-electron chi connectivity index (χ4n) is 1.06. The van der Waals surface area contributed by atoms with Gasteiger partial charge in [-0.15, -0.1) is 0 Å². The molecule has 1 rings (SSSR count). The summed E-state index contributed by atoms with van der Waals surface area (Å²) in [7, 11) is 1.33. The summed E-state index contributed by atoms with van der Waals surface area (Å²) in [6.45, 7) is 0.698. The Hall–Kier alpha value is -1.03. The van der Waals surface area contributed by atoms with Gasteiger partial charge in [-0.25, -0.2) is 0 Å². The maximum Gasteiger partial charge on any atom is 0.323 e. The van der Waals surface area contributed by atoms with Crippen molar-refractivity contribution in [3.63, 3.8) is 0 Å². The lowest BCUT2D eigenvalue weighted by atomic mass is 10.2. The minimum absolute atomic E-state index is 0.397. The molecular formula is C8H13NO3. The van der Waals surface area contributed by atoms with E-state index in [0.717, 1.165) is 12.2 Å². The van der Waals surface area contributed by atoms with Gasteiger partial charge in [0.15, 0.2) is 0 Å². The normalized spacial score (nSPS) is 18.0. The maximum atomic E-state index is 10.9. The molecule has 2 N–H and O–H groups in total. The van der Waals surface area contributed by atoms with Crippen LogP contribution >= 0.6 is 0 Å². The Morgan fingerprint density at radius 3 is 3.17 bits per heavy atom. The molecule has 0 aromatic carbocycles. The molecule has 0 saturated heterocycles. The molecule has 0 amide bonds. The predicted octanol–water partition coefficient (Wildman–Crippen LogP) is 0.181. The Morgan fingerprint density at radius 2 is 2.67 bits per heavy atom. The number of esters is 1. The van der Waals surface area contributed by atoms with Crippen LogP contribution in [0.4, 0.5) is 0 Å². The van der Waals surface area contributed by atoms with Crippen LogP contribution in [0.15, 0.2) is 11.8 Å². The van der Waals surface area contributed by atoms with E-state index in [1.807, 2.05) is 6.08 Å². The van der Waals surface area contributed by atoms with Crippen molar-refractivity contribution in [3.8, 4) is 0 Å². The molecule has 4 heteroatoms. The third-order valence-electron chi connectivity index (χ3n) is 1.70. The second-order valence-corrected chi connectivity index (χ2v) is 2.64. The SMILES string of the molecule is COC(=O)C(N)CC1=CCCO1. The molecule has 12 heavy (non-hydrogen) atoms. The van der Waals surface area contributed by atoms with Crippen molar-refractivity contribution < 1.29 is 14.3 Å². The minimum atomic E-state index is -0.598. The fourth-order valence-corrected chi connectivity index (χ4v) is 1.06. The quantitative estimate of drug-likeness (QED) is 0.615. The van der Waals surface area contributed by atoms with E-state index < -0.39 is 12.0 Å². The van der Waals surface area contributed by atoms with Crippen molar-refractivity contribution in [2.75, 3.05) is 13.7 Å². The number of ether oxygens (including phenoxy) is 2. The Kier molecular flexibility index (Phi) is 3.10. The molecule has 0 radical (unpaired) electrons. The van der Waals surface area contributed by atoms with Gasteiger partial charge in [-0.1, -0.05) is 0 Å². The van der Waals surface area contributed by atoms with E-state index in [2.05, 4.69) is 4.74 Å². The number of hydrogen-bond donors (Lipinski definition) is 1. The summed E-state index contributed by atoms with van der Waals surface area (Å²) in [5, 5.41) is 0. The average molecular weight is 171 g/mol. The molecule has 0 spiro atoms. The lowest BCUT2D eigenvalue weighted by Crippen LogP contribution is -2.31. The van der Waals surface area contributed by atoms with E-state index in [0.29, 0.717) is 13.0 Å². The van der Waals surface area contributed by atoms with Crippen LogP contribution in [0.3, 0.4) is 0 Å². The first-order chi connectivity index (χ1) is 5.74. The monoisotopic (exact) mass is 171 g/mol. The lowest BCUT2D eigenvalue weighted by molar-refractivity contribution is -0.142. The van der Waals surface area contributed by atoms with E-state index in [9.17, 15) is 4.79 Å². The molecule has 4 nitrogen and oxygen atoms in total. The Balaban J connectivity index is 2.34. The van der Waals surface area contributed by atoms with Gasteiger partial charge in [0.2, 0.25) is 0 Å². The van der Waals surface area contributed by atoms with E-state index in [-0.39, 0.29) is 0 Å². The van der Waals surface area contributed by atoms with E-state index in [1.165, 1.54) is 7.11 Å². The van der Waals surface area contributed by atoms with Crippen molar-refractivity contribution in [2.45, 2.75) is 18.9 Å². The first kappa shape index (κ1) is 9.06. The van der Waals surface area contributed by atoms with Gasteiger partial charge in [-0.2, -0.15) is 0 Å². The first-order valence-corrected chi connectivity index (χ1v) is 3.89. The molecule has 1 unspecified atom stereocenters. The highest BCUT2D eigenvalue weighted by Crippen LogP contribution is 2.14. The number of rotatable bonds is 3. The average Bonchev–Trinajstić information content (AvgIpc) is 2.55. The van der Waals surface area contributed by atoms with Gasteiger partial charge in [0.05, 0.1) is 19.5 Å². The number of nitrogens with two attached hydrogens (primary N) is 1. The summed E-state index contributed by atoms with van der Waals surface area (Å²) >= 11 is 0. The van der Waals surface area contributed by atoms with Gasteiger partial charge in [0.25, 0.3) is 0 Å². The maximum absolute atomic E-state index is 10.9. The molecule has 0 aromatic rings. The Bertz CT molecular complexity index is 200. The van der Waals surface area contributed by atoms with Crippen molar-refractivity contribution in [3.05, 3.63) is 11.8 Å². The van der Waals surface area contributed by atoms with Gasteiger partial charge in [0.1, 0.15) is 6.04 Å². The predicted molar refractivity (Wildman–Crippen MR) is 43.3 cm³/mol. The highest BCUT2D eigenvalue weighted by atomic mass is 16.5. The van der Waals surface area contributed by atoms with Crippen LogP contribution in [0.5, 0.6) is 0 Å². The summed E-state index contributed by atoms with van der Waals surface area (Å²) < 4.78 is 9.67. The van der Waals surface area contributed by atoms with Crippen LogP contribution in [0.2, 0.25) is 0 Å². The van der Waals surface area contributed by atoms with Crippen LogP contribution < -0.4 is 5.73 Å². The molecule has 0 aromatic heterocycles. The zero-order chi connectivity index (χ0) is 8.97. The third-order valence-corrected chi connectivity index (χ3v) is 1.70. The molecule has 0 bridgehead atoms. The standard InChI is InChI=1S/C8H13NO3/c1-11-8(10)7(9)5-6-3-2-4-12-6/h3,7H,2,4-5,9H2,1H3. The number of carbonyl (C=O) groups is 1. The number of methoxy groups -OCH3 is 1. The summed E-state index contributed by atoms with van der Waals surface area (Å²) in [6, 6.07) is -0.598. The zero-order valence-corrected chi connectivity index (χ0v) is 7.08. The molecule has 68 valence electrons. The second-order valence-electron chi connectivity index (χ2n) is 2.64. The Morgan fingerprint density at radius 1 is 1.92 bits per heavy atom. The van der Waals surface area contributed by atoms with Crippen molar-refractivity contribution in [1.29, 1.82) is 0 Å². The summed E-state index contributed by atoms with van der Waals surface area (Å²) in [5.41, 5.74) is 5.51. The Labute approximate surface area is 71.3 Å². The minimum Gasteiger partial charge on any atom is -0.498 e. The summed E-state index contributed by atoms with van der Waals surface area (Å²) in [4.78, 5) is 10.9. The molecule has 0 fully saturated rings. The highest BCUT2D eigenvalue weighted by molar-refractivity contribution is 5.75. The molecule has 1 aliphatic rings. The highest BCUT2D eigenvalue weighted by Gasteiger charge is 2.17.